The standard InChI is InChI=1S/C20H22N2O3/c1-14-9-15(2)11-18(10-14)17-5-7-21(8-6-17)20-12-16(13-23)3-4-19(20)22(24)25/h3-5,9-12,23H,6-8,13H2,1-2H3. The molecule has 0 unspecified atom stereocenters. The molecule has 1 aliphatic rings. The van der Waals surface area contributed by atoms with Gasteiger partial charge in [0.1, 0.15) is 5.69 Å². The highest BCUT2D eigenvalue weighted by Gasteiger charge is 2.22. The van der Waals surface area contributed by atoms with Gasteiger partial charge in [0.05, 0.1) is 11.5 Å². The van der Waals surface area contributed by atoms with Crippen molar-refractivity contribution < 1.29 is 10.0 Å². The second kappa shape index (κ2) is 7.07. The van der Waals surface area contributed by atoms with Crippen molar-refractivity contribution in [1.82, 2.24) is 0 Å². The van der Waals surface area contributed by atoms with Crippen LogP contribution < -0.4 is 4.90 Å². The largest absolute Gasteiger partial charge is 0.392 e. The van der Waals surface area contributed by atoms with E-state index in [1.165, 1.54) is 28.3 Å². The topological polar surface area (TPSA) is 66.6 Å². The van der Waals surface area contributed by atoms with Crippen LogP contribution in [0.15, 0.2) is 42.5 Å². The van der Waals surface area contributed by atoms with Crippen LogP contribution in [0.1, 0.15) is 28.7 Å². The summed E-state index contributed by atoms with van der Waals surface area (Å²) < 4.78 is 0. The molecule has 1 N–H and O–H groups in total. The number of anilines is 1. The Morgan fingerprint density at radius 2 is 1.88 bits per heavy atom. The molecule has 2 aromatic carbocycles. The molecule has 2 aromatic rings. The van der Waals surface area contributed by atoms with Gasteiger partial charge in [-0.3, -0.25) is 10.1 Å². The van der Waals surface area contributed by atoms with Gasteiger partial charge in [-0.1, -0.05) is 35.4 Å². The molecule has 0 spiro atoms. The third kappa shape index (κ3) is 3.72. The third-order valence-corrected chi connectivity index (χ3v) is 4.56. The van der Waals surface area contributed by atoms with Gasteiger partial charge in [0, 0.05) is 19.2 Å². The Hall–Kier alpha value is -2.66. The Balaban J connectivity index is 1.88. The molecule has 0 fully saturated rings. The normalized spacial score (nSPS) is 14.4. The van der Waals surface area contributed by atoms with Crippen molar-refractivity contribution in [1.29, 1.82) is 0 Å². The van der Waals surface area contributed by atoms with Crippen LogP contribution in [0.5, 0.6) is 0 Å². The van der Waals surface area contributed by atoms with Crippen molar-refractivity contribution in [2.45, 2.75) is 26.9 Å². The van der Waals surface area contributed by atoms with Gasteiger partial charge in [-0.15, -0.1) is 0 Å². The molecule has 0 atom stereocenters. The number of aryl methyl sites for hydroxylation is 2. The van der Waals surface area contributed by atoms with Crippen LogP contribution in [0.3, 0.4) is 0 Å². The smallest absolute Gasteiger partial charge is 0.292 e. The number of nitro groups is 1. The third-order valence-electron chi connectivity index (χ3n) is 4.56. The molecule has 1 aliphatic heterocycles. The van der Waals surface area contributed by atoms with E-state index < -0.39 is 0 Å². The molecular weight excluding hydrogens is 316 g/mol. The molecule has 0 bridgehead atoms. The fourth-order valence-electron chi connectivity index (χ4n) is 3.39. The van der Waals surface area contributed by atoms with Crippen LogP contribution in [-0.2, 0) is 6.61 Å². The van der Waals surface area contributed by atoms with Gasteiger partial charge in [-0.05, 0) is 49.1 Å². The van der Waals surface area contributed by atoms with Crippen LogP contribution >= 0.6 is 0 Å². The maximum absolute atomic E-state index is 11.3. The fraction of sp³-hybridized carbons (Fsp3) is 0.300. The van der Waals surface area contributed by atoms with Gasteiger partial charge in [-0.25, -0.2) is 0 Å². The Morgan fingerprint density at radius 1 is 1.16 bits per heavy atom. The number of hydrogen-bond donors (Lipinski definition) is 1. The molecule has 25 heavy (non-hydrogen) atoms. The van der Waals surface area contributed by atoms with Crippen molar-refractivity contribution in [3.05, 3.63) is 74.8 Å². The van der Waals surface area contributed by atoms with Crippen LogP contribution in [0.25, 0.3) is 5.57 Å². The summed E-state index contributed by atoms with van der Waals surface area (Å²) in [4.78, 5) is 13.0. The lowest BCUT2D eigenvalue weighted by Gasteiger charge is -2.28. The van der Waals surface area contributed by atoms with E-state index in [2.05, 4.69) is 38.1 Å². The van der Waals surface area contributed by atoms with Gasteiger partial charge >= 0.3 is 0 Å². The molecule has 0 saturated carbocycles. The van der Waals surface area contributed by atoms with Crippen molar-refractivity contribution in [3.63, 3.8) is 0 Å². The Labute approximate surface area is 147 Å². The van der Waals surface area contributed by atoms with E-state index in [0.717, 1.165) is 6.42 Å². The van der Waals surface area contributed by atoms with Crippen molar-refractivity contribution in [3.8, 4) is 0 Å². The number of aliphatic hydroxyl groups is 1. The first-order valence-corrected chi connectivity index (χ1v) is 8.39. The molecule has 0 amide bonds. The Bertz CT molecular complexity index is 823. The first kappa shape index (κ1) is 17.2. The lowest BCUT2D eigenvalue weighted by atomic mass is 9.96. The predicted molar refractivity (Wildman–Crippen MR) is 99.7 cm³/mol. The Kier molecular flexibility index (Phi) is 4.86. The molecule has 0 aliphatic carbocycles. The summed E-state index contributed by atoms with van der Waals surface area (Å²) in [6.45, 7) is 5.40. The lowest BCUT2D eigenvalue weighted by Crippen LogP contribution is -2.29. The summed E-state index contributed by atoms with van der Waals surface area (Å²) in [5, 5.41) is 20.7. The van der Waals surface area contributed by atoms with Crippen molar-refractivity contribution in [2.24, 2.45) is 0 Å². The highest BCUT2D eigenvalue weighted by atomic mass is 16.6. The minimum absolute atomic E-state index is 0.0838. The molecule has 3 rings (SSSR count). The average Bonchev–Trinajstić information content (AvgIpc) is 2.60. The summed E-state index contributed by atoms with van der Waals surface area (Å²) >= 11 is 0. The van der Waals surface area contributed by atoms with E-state index in [4.69, 9.17) is 0 Å². The monoisotopic (exact) mass is 338 g/mol. The number of hydrogen-bond acceptors (Lipinski definition) is 4. The number of benzene rings is 2. The van der Waals surface area contributed by atoms with E-state index in [1.807, 2.05) is 4.90 Å². The quantitative estimate of drug-likeness (QED) is 0.676. The molecule has 130 valence electrons. The second-order valence-corrected chi connectivity index (χ2v) is 6.54. The van der Waals surface area contributed by atoms with E-state index in [-0.39, 0.29) is 17.2 Å². The average molecular weight is 338 g/mol. The summed E-state index contributed by atoms with van der Waals surface area (Å²) in [6, 6.07) is 11.3. The summed E-state index contributed by atoms with van der Waals surface area (Å²) in [6.07, 6.45) is 2.98. The zero-order valence-corrected chi connectivity index (χ0v) is 14.5. The Morgan fingerprint density at radius 3 is 2.44 bits per heavy atom. The zero-order valence-electron chi connectivity index (χ0n) is 14.5. The molecular formula is C20H22N2O3. The molecule has 0 aromatic heterocycles. The second-order valence-electron chi connectivity index (χ2n) is 6.54. The molecule has 0 radical (unpaired) electrons. The number of nitrogens with zero attached hydrogens (tertiary/aromatic N) is 2. The maximum Gasteiger partial charge on any atom is 0.292 e. The number of nitro benzene ring substituents is 1. The summed E-state index contributed by atoms with van der Waals surface area (Å²) in [5.74, 6) is 0. The van der Waals surface area contributed by atoms with E-state index in [1.54, 1.807) is 12.1 Å². The van der Waals surface area contributed by atoms with E-state index >= 15 is 0 Å². The van der Waals surface area contributed by atoms with Crippen LogP contribution in [0.4, 0.5) is 11.4 Å². The summed E-state index contributed by atoms with van der Waals surface area (Å²) in [5.41, 5.74) is 6.34. The van der Waals surface area contributed by atoms with Crippen molar-refractivity contribution >= 4 is 16.9 Å². The first-order chi connectivity index (χ1) is 12.0. The minimum Gasteiger partial charge on any atom is -0.392 e. The molecule has 1 heterocycles. The van der Waals surface area contributed by atoms with Gasteiger partial charge < -0.3 is 10.0 Å². The molecule has 5 nitrogen and oxygen atoms in total. The highest BCUT2D eigenvalue weighted by molar-refractivity contribution is 5.72. The van der Waals surface area contributed by atoms with Gasteiger partial charge in [0.15, 0.2) is 0 Å². The lowest BCUT2D eigenvalue weighted by molar-refractivity contribution is -0.384. The number of rotatable bonds is 4. The highest BCUT2D eigenvalue weighted by Crippen LogP contribution is 2.33. The summed E-state index contributed by atoms with van der Waals surface area (Å²) in [7, 11) is 0. The van der Waals surface area contributed by atoms with Crippen LogP contribution in [0, 0.1) is 24.0 Å². The van der Waals surface area contributed by atoms with E-state index in [0.29, 0.717) is 24.3 Å². The zero-order chi connectivity index (χ0) is 18.0. The predicted octanol–water partition coefficient (Wildman–Crippen LogP) is 4.00. The fourth-order valence-corrected chi connectivity index (χ4v) is 3.39. The minimum atomic E-state index is -0.361. The molecule has 0 saturated heterocycles. The van der Waals surface area contributed by atoms with Crippen molar-refractivity contribution in [2.75, 3.05) is 18.0 Å². The van der Waals surface area contributed by atoms with Gasteiger partial charge in [0.2, 0.25) is 0 Å². The number of aliphatic hydroxyl groups excluding tert-OH is 1. The maximum atomic E-state index is 11.3. The van der Waals surface area contributed by atoms with Gasteiger partial charge in [-0.2, -0.15) is 0 Å². The molecule has 5 heteroatoms. The van der Waals surface area contributed by atoms with E-state index in [9.17, 15) is 15.2 Å². The SMILES string of the molecule is Cc1cc(C)cc(C2=CCN(c3cc(CO)ccc3[N+](=O)[O-])CC2)c1. The van der Waals surface area contributed by atoms with Crippen LogP contribution in [-0.4, -0.2) is 23.1 Å². The van der Waals surface area contributed by atoms with Gasteiger partial charge in [0.25, 0.3) is 5.69 Å². The first-order valence-electron chi connectivity index (χ1n) is 8.39. The van der Waals surface area contributed by atoms with Crippen LogP contribution in [0.2, 0.25) is 0 Å².